The third kappa shape index (κ3) is 1.82. The lowest BCUT2D eigenvalue weighted by Gasteiger charge is -2.11. The fourth-order valence-corrected chi connectivity index (χ4v) is 2.42. The number of aryl methyl sites for hydroxylation is 1. The number of thiophene rings is 1. The highest BCUT2D eigenvalue weighted by atomic mass is 35.6. The van der Waals surface area contributed by atoms with Crippen LogP contribution in [-0.2, 0) is 3.79 Å². The molecule has 0 aliphatic heterocycles. The third-order valence-corrected chi connectivity index (χ3v) is 3.05. The van der Waals surface area contributed by atoms with Crippen LogP contribution < -0.4 is 0 Å². The van der Waals surface area contributed by atoms with Crippen molar-refractivity contribution in [3.05, 3.63) is 23.0 Å². The van der Waals surface area contributed by atoms with E-state index < -0.39 is 3.79 Å². The fraction of sp³-hybridized carbons (Fsp3) is 0.250. The zero-order chi connectivity index (χ0) is 10.3. The summed E-state index contributed by atoms with van der Waals surface area (Å²) >= 11 is 18.9. The number of fused-ring (bicyclic) bond motifs is 1. The van der Waals surface area contributed by atoms with Gasteiger partial charge in [0.25, 0.3) is 0 Å². The molecule has 0 fully saturated rings. The number of rotatable bonds is 0. The van der Waals surface area contributed by atoms with Crippen LogP contribution in [0.3, 0.4) is 0 Å². The molecule has 0 radical (unpaired) electrons. The molecule has 74 valence electrons. The van der Waals surface area contributed by atoms with E-state index in [1.54, 1.807) is 6.92 Å². The van der Waals surface area contributed by atoms with Gasteiger partial charge in [0.05, 0.1) is 0 Å². The monoisotopic (exact) mass is 266 g/mol. The molecule has 2 aromatic rings. The molecule has 0 amide bonds. The Kier molecular flexibility index (Phi) is 2.60. The summed E-state index contributed by atoms with van der Waals surface area (Å²) in [5.41, 5.74) is 0.450. The van der Waals surface area contributed by atoms with Crippen LogP contribution in [0.5, 0.6) is 0 Å². The molecule has 2 aromatic heterocycles. The summed E-state index contributed by atoms with van der Waals surface area (Å²) < 4.78 is -1.49. The van der Waals surface area contributed by atoms with Gasteiger partial charge in [-0.2, -0.15) is 0 Å². The Morgan fingerprint density at radius 1 is 1.29 bits per heavy atom. The Labute approximate surface area is 99.8 Å². The Hall–Kier alpha value is -0.0900. The molecule has 0 saturated heterocycles. The summed E-state index contributed by atoms with van der Waals surface area (Å²) in [5.74, 6) is 0.612. The first kappa shape index (κ1) is 10.4. The second-order valence-electron chi connectivity index (χ2n) is 2.76. The Morgan fingerprint density at radius 3 is 2.64 bits per heavy atom. The molecule has 0 spiro atoms. The predicted octanol–water partition coefficient (Wildman–Crippen LogP) is 3.83. The highest BCUT2D eigenvalue weighted by molar-refractivity contribution is 7.16. The Bertz CT molecular complexity index is 475. The van der Waals surface area contributed by atoms with Gasteiger partial charge in [-0.15, -0.1) is 11.3 Å². The zero-order valence-electron chi connectivity index (χ0n) is 7.09. The van der Waals surface area contributed by atoms with E-state index >= 15 is 0 Å². The smallest absolute Gasteiger partial charge is 0.233 e. The Morgan fingerprint density at radius 2 is 2.00 bits per heavy atom. The quantitative estimate of drug-likeness (QED) is 0.678. The normalized spacial score (nSPS) is 12.3. The highest BCUT2D eigenvalue weighted by Crippen LogP contribution is 2.40. The molecule has 0 saturated carbocycles. The average Bonchev–Trinajstić information content (AvgIpc) is 2.47. The maximum atomic E-state index is 5.81. The van der Waals surface area contributed by atoms with Crippen molar-refractivity contribution >= 4 is 56.4 Å². The first-order valence-corrected chi connectivity index (χ1v) is 5.79. The van der Waals surface area contributed by atoms with Crippen molar-refractivity contribution in [3.8, 4) is 0 Å². The second-order valence-corrected chi connectivity index (χ2v) is 5.93. The van der Waals surface area contributed by atoms with Crippen molar-refractivity contribution in [2.45, 2.75) is 10.7 Å². The van der Waals surface area contributed by atoms with Crippen molar-refractivity contribution in [2.24, 2.45) is 0 Å². The highest BCUT2D eigenvalue weighted by Gasteiger charge is 2.28. The molecule has 14 heavy (non-hydrogen) atoms. The van der Waals surface area contributed by atoms with Crippen molar-refractivity contribution in [2.75, 3.05) is 0 Å². The molecular weight excluding hydrogens is 263 g/mol. The SMILES string of the molecule is Cc1nc(C(Cl)(Cl)Cl)c2ccsc2n1. The number of halogens is 3. The van der Waals surface area contributed by atoms with E-state index in [-0.39, 0.29) is 0 Å². The van der Waals surface area contributed by atoms with Crippen LogP contribution in [0.1, 0.15) is 11.5 Å². The van der Waals surface area contributed by atoms with Gasteiger partial charge in [0.15, 0.2) is 0 Å². The number of nitrogens with zero attached hydrogens (tertiary/aromatic N) is 2. The van der Waals surface area contributed by atoms with Gasteiger partial charge in [0, 0.05) is 5.39 Å². The molecule has 2 nitrogen and oxygen atoms in total. The lowest BCUT2D eigenvalue weighted by Crippen LogP contribution is -2.06. The second kappa shape index (κ2) is 3.49. The number of alkyl halides is 3. The maximum Gasteiger partial charge on any atom is 0.233 e. The van der Waals surface area contributed by atoms with Gasteiger partial charge in [-0.3, -0.25) is 0 Å². The minimum absolute atomic E-state index is 0.450. The van der Waals surface area contributed by atoms with Gasteiger partial charge in [-0.05, 0) is 18.4 Å². The van der Waals surface area contributed by atoms with Crippen molar-refractivity contribution in [3.63, 3.8) is 0 Å². The standard InChI is InChI=1S/C8H5Cl3N2S/c1-4-12-6(8(9,10)11)5-2-3-14-7(5)13-4/h2-3H,1H3. The van der Waals surface area contributed by atoms with Gasteiger partial charge in [0.2, 0.25) is 3.79 Å². The van der Waals surface area contributed by atoms with Gasteiger partial charge < -0.3 is 0 Å². The van der Waals surface area contributed by atoms with E-state index in [0.29, 0.717) is 11.5 Å². The van der Waals surface area contributed by atoms with E-state index in [2.05, 4.69) is 9.97 Å². The van der Waals surface area contributed by atoms with E-state index in [0.717, 1.165) is 10.2 Å². The molecule has 0 atom stereocenters. The first-order valence-electron chi connectivity index (χ1n) is 3.77. The van der Waals surface area contributed by atoms with E-state index in [1.165, 1.54) is 11.3 Å². The van der Waals surface area contributed by atoms with Crippen LogP contribution in [0.2, 0.25) is 0 Å². The minimum atomic E-state index is -1.49. The van der Waals surface area contributed by atoms with Crippen LogP contribution in [0.25, 0.3) is 10.2 Å². The number of aromatic nitrogens is 2. The Balaban J connectivity index is 2.80. The maximum absolute atomic E-state index is 5.81. The predicted molar refractivity (Wildman–Crippen MR) is 61.4 cm³/mol. The van der Waals surface area contributed by atoms with E-state index in [9.17, 15) is 0 Å². The van der Waals surface area contributed by atoms with Gasteiger partial charge >= 0.3 is 0 Å². The molecule has 6 heteroatoms. The first-order chi connectivity index (χ1) is 6.48. The average molecular weight is 268 g/mol. The largest absolute Gasteiger partial charge is 0.233 e. The minimum Gasteiger partial charge on any atom is -0.233 e. The molecular formula is C8H5Cl3N2S. The molecule has 0 aromatic carbocycles. The summed E-state index contributed by atoms with van der Waals surface area (Å²) in [6.45, 7) is 1.78. The van der Waals surface area contributed by atoms with Gasteiger partial charge in [-0.25, -0.2) is 9.97 Å². The lowest BCUT2D eigenvalue weighted by atomic mass is 10.3. The summed E-state index contributed by atoms with van der Waals surface area (Å²) in [7, 11) is 0. The van der Waals surface area contributed by atoms with E-state index in [1.807, 2.05) is 11.4 Å². The fourth-order valence-electron chi connectivity index (χ4n) is 1.18. The van der Waals surface area contributed by atoms with Gasteiger partial charge in [0.1, 0.15) is 16.3 Å². The van der Waals surface area contributed by atoms with Crippen LogP contribution in [0, 0.1) is 6.92 Å². The molecule has 0 unspecified atom stereocenters. The molecule has 0 aliphatic rings. The van der Waals surface area contributed by atoms with Crippen molar-refractivity contribution in [1.82, 2.24) is 9.97 Å². The lowest BCUT2D eigenvalue weighted by molar-refractivity contribution is 1.01. The topological polar surface area (TPSA) is 25.8 Å². The van der Waals surface area contributed by atoms with Crippen molar-refractivity contribution < 1.29 is 0 Å². The number of hydrogen-bond donors (Lipinski definition) is 0. The summed E-state index contributed by atoms with van der Waals surface area (Å²) in [5, 5.41) is 2.71. The van der Waals surface area contributed by atoms with E-state index in [4.69, 9.17) is 34.8 Å². The van der Waals surface area contributed by atoms with Crippen molar-refractivity contribution in [1.29, 1.82) is 0 Å². The van der Waals surface area contributed by atoms with Crippen LogP contribution in [0.4, 0.5) is 0 Å². The molecule has 0 bridgehead atoms. The summed E-state index contributed by atoms with van der Waals surface area (Å²) in [6, 6.07) is 1.86. The molecule has 0 aliphatic carbocycles. The molecule has 2 rings (SSSR count). The zero-order valence-corrected chi connectivity index (χ0v) is 10.2. The summed E-state index contributed by atoms with van der Waals surface area (Å²) in [6.07, 6.45) is 0. The summed E-state index contributed by atoms with van der Waals surface area (Å²) in [4.78, 5) is 9.23. The molecule has 2 heterocycles. The molecule has 0 N–H and O–H groups in total. The number of hydrogen-bond acceptors (Lipinski definition) is 3. The van der Waals surface area contributed by atoms with Gasteiger partial charge in [-0.1, -0.05) is 34.8 Å². The van der Waals surface area contributed by atoms with Crippen LogP contribution in [0.15, 0.2) is 11.4 Å². The van der Waals surface area contributed by atoms with Crippen LogP contribution in [-0.4, -0.2) is 9.97 Å². The third-order valence-electron chi connectivity index (χ3n) is 1.71. The van der Waals surface area contributed by atoms with Crippen LogP contribution >= 0.6 is 46.1 Å².